The molecule has 3 aromatic rings. The van der Waals surface area contributed by atoms with Crippen molar-refractivity contribution in [3.05, 3.63) is 82.3 Å². The molecule has 0 aliphatic carbocycles. The largest absolute Gasteiger partial charge is 0.494 e. The number of amides is 1. The first kappa shape index (κ1) is 22.3. The molecule has 0 atom stereocenters. The summed E-state index contributed by atoms with van der Waals surface area (Å²) in [5.41, 5.74) is 2.01. The number of allylic oxidation sites excluding steroid dienone is 1. The number of nitrogens with one attached hydrogen (secondary N) is 1. The van der Waals surface area contributed by atoms with Gasteiger partial charge in [-0.1, -0.05) is 36.9 Å². The van der Waals surface area contributed by atoms with Gasteiger partial charge in [0.05, 0.1) is 17.0 Å². The summed E-state index contributed by atoms with van der Waals surface area (Å²) in [5, 5.41) is 11.3. The summed E-state index contributed by atoms with van der Waals surface area (Å²) in [6.45, 7) is 8.81. The van der Waals surface area contributed by atoms with Crippen LogP contribution < -0.4 is 5.56 Å². The van der Waals surface area contributed by atoms with Crippen LogP contribution in [0.2, 0.25) is 0 Å². The van der Waals surface area contributed by atoms with Gasteiger partial charge in [-0.25, -0.2) is 4.79 Å². The zero-order chi connectivity index (χ0) is 23.4. The Kier molecular flexibility index (Phi) is 6.55. The summed E-state index contributed by atoms with van der Waals surface area (Å²) in [6.07, 6.45) is 1.22. The van der Waals surface area contributed by atoms with Gasteiger partial charge in [0.15, 0.2) is 0 Å². The van der Waals surface area contributed by atoms with E-state index >= 15 is 0 Å². The van der Waals surface area contributed by atoms with Gasteiger partial charge in [0.25, 0.3) is 5.56 Å². The number of H-pyrrole nitrogens is 1. The van der Waals surface area contributed by atoms with E-state index in [0.29, 0.717) is 35.2 Å². The number of ether oxygens (including phenoxy) is 1. The Morgan fingerprint density at radius 1 is 1.12 bits per heavy atom. The van der Waals surface area contributed by atoms with Gasteiger partial charge < -0.3 is 14.7 Å². The number of aromatic nitrogens is 1. The van der Waals surface area contributed by atoms with Crippen LogP contribution in [0, 0.1) is 0 Å². The molecule has 8 heteroatoms. The number of aromatic hydroxyl groups is 1. The first-order valence-corrected chi connectivity index (χ1v) is 10.7. The molecule has 2 aromatic carbocycles. The molecule has 0 radical (unpaired) electrons. The van der Waals surface area contributed by atoms with E-state index in [1.807, 2.05) is 30.3 Å². The fourth-order valence-corrected chi connectivity index (χ4v) is 3.80. The van der Waals surface area contributed by atoms with E-state index < -0.39 is 0 Å². The van der Waals surface area contributed by atoms with Gasteiger partial charge in [-0.2, -0.15) is 0 Å². The molecule has 1 aromatic heterocycles. The minimum atomic E-state index is -0.342. The van der Waals surface area contributed by atoms with E-state index in [1.165, 1.54) is 0 Å². The van der Waals surface area contributed by atoms with Crippen LogP contribution in [0.15, 0.2) is 70.7 Å². The molecule has 1 fully saturated rings. The van der Waals surface area contributed by atoms with E-state index in [2.05, 4.69) is 21.5 Å². The first-order valence-electron chi connectivity index (χ1n) is 10.7. The van der Waals surface area contributed by atoms with Crippen LogP contribution in [-0.2, 0) is 11.3 Å². The van der Waals surface area contributed by atoms with Gasteiger partial charge in [-0.05, 0) is 30.7 Å². The van der Waals surface area contributed by atoms with Crippen LogP contribution in [-0.4, -0.2) is 58.4 Å². The van der Waals surface area contributed by atoms with Gasteiger partial charge in [-0.15, -0.1) is 0 Å². The Balaban J connectivity index is 1.39. The molecule has 33 heavy (non-hydrogen) atoms. The lowest BCUT2D eigenvalue weighted by atomic mass is 10.1. The monoisotopic (exact) mass is 446 g/mol. The second-order valence-corrected chi connectivity index (χ2v) is 8.02. The number of benzene rings is 2. The predicted molar refractivity (Wildman–Crippen MR) is 128 cm³/mol. The van der Waals surface area contributed by atoms with Gasteiger partial charge in [-0.3, -0.25) is 19.7 Å². The lowest BCUT2D eigenvalue weighted by Gasteiger charge is -2.34. The fourth-order valence-electron chi connectivity index (χ4n) is 3.80. The second-order valence-electron chi connectivity index (χ2n) is 8.02. The molecule has 4 rings (SSSR count). The van der Waals surface area contributed by atoms with Crippen LogP contribution in [0.1, 0.15) is 18.1 Å². The van der Waals surface area contributed by atoms with Crippen LogP contribution in [0.3, 0.4) is 0 Å². The topological polar surface area (TPSA) is 98.2 Å². The molecule has 8 nitrogen and oxygen atoms in total. The average molecular weight is 447 g/mol. The quantitative estimate of drug-likeness (QED) is 0.459. The smallest absolute Gasteiger partial charge is 0.414 e. The lowest BCUT2D eigenvalue weighted by molar-refractivity contribution is 0.0926. The number of aromatic amines is 1. The third-order valence-corrected chi connectivity index (χ3v) is 5.53. The Hall–Kier alpha value is -3.91. The number of fused-ring (bicyclic) bond motifs is 1. The Morgan fingerprint density at radius 2 is 1.79 bits per heavy atom. The minimum Gasteiger partial charge on any atom is -0.494 e. The molecule has 2 heterocycles. The number of carbonyl (C=O) groups excluding carboxylic acids is 1. The molecule has 2 N–H and O–H groups in total. The van der Waals surface area contributed by atoms with Crippen molar-refractivity contribution >= 4 is 28.8 Å². The first-order chi connectivity index (χ1) is 15.9. The maximum absolute atomic E-state index is 12.0. The van der Waals surface area contributed by atoms with Crippen LogP contribution in [0.4, 0.5) is 10.5 Å². The SMILES string of the molecule is C=C(C)OC(=O)N1CCN(Cc2ccc(N=Cc3c(O)[nH]c(=O)c4ccccc34)cc2)CC1. The third-order valence-electron chi connectivity index (χ3n) is 5.53. The predicted octanol–water partition coefficient (Wildman–Crippen LogP) is 3.77. The summed E-state index contributed by atoms with van der Waals surface area (Å²) in [7, 11) is 0. The zero-order valence-electron chi connectivity index (χ0n) is 18.5. The maximum Gasteiger partial charge on any atom is 0.414 e. The van der Waals surface area contributed by atoms with E-state index in [9.17, 15) is 14.7 Å². The van der Waals surface area contributed by atoms with Crippen LogP contribution >= 0.6 is 0 Å². The number of carbonyl (C=O) groups is 1. The average Bonchev–Trinajstić information content (AvgIpc) is 2.80. The molecule has 0 bridgehead atoms. The van der Waals surface area contributed by atoms with E-state index in [4.69, 9.17) is 4.74 Å². The molecule has 170 valence electrons. The summed E-state index contributed by atoms with van der Waals surface area (Å²) in [6, 6.07) is 14.9. The van der Waals surface area contributed by atoms with Crippen LogP contribution in [0.25, 0.3) is 10.8 Å². The number of nitrogens with zero attached hydrogens (tertiary/aromatic N) is 3. The van der Waals surface area contributed by atoms with Crippen LogP contribution in [0.5, 0.6) is 5.88 Å². The highest BCUT2D eigenvalue weighted by atomic mass is 16.6. The fraction of sp³-hybridized carbons (Fsp3) is 0.240. The molecule has 1 aliphatic rings. The van der Waals surface area contributed by atoms with Gasteiger partial charge >= 0.3 is 6.09 Å². The standard InChI is InChI=1S/C25H26N4O4/c1-17(2)33-25(32)29-13-11-28(12-14-29)16-18-7-9-19(10-8-18)26-15-22-20-5-3-4-6-21(20)23(30)27-24(22)31/h3-10,15H,1,11-14,16H2,2H3,(H2,27,30,31). The van der Waals surface area contributed by atoms with Crippen molar-refractivity contribution in [2.45, 2.75) is 13.5 Å². The normalized spacial score (nSPS) is 14.6. The lowest BCUT2D eigenvalue weighted by Crippen LogP contribution is -2.48. The van der Waals surface area contributed by atoms with Gasteiger partial charge in [0, 0.05) is 49.7 Å². The molecule has 1 aliphatic heterocycles. The number of hydrogen-bond acceptors (Lipinski definition) is 6. The minimum absolute atomic E-state index is 0.203. The van der Waals surface area contributed by atoms with Gasteiger partial charge in [0.1, 0.15) is 0 Å². The van der Waals surface area contributed by atoms with Crippen molar-refractivity contribution in [2.24, 2.45) is 4.99 Å². The summed E-state index contributed by atoms with van der Waals surface area (Å²) in [4.78, 5) is 34.9. The highest BCUT2D eigenvalue weighted by Gasteiger charge is 2.22. The van der Waals surface area contributed by atoms with E-state index in [-0.39, 0.29) is 17.5 Å². The maximum atomic E-state index is 12.0. The highest BCUT2D eigenvalue weighted by molar-refractivity contribution is 6.01. The molecule has 1 saturated heterocycles. The van der Waals surface area contributed by atoms with Crippen molar-refractivity contribution in [1.82, 2.24) is 14.8 Å². The highest BCUT2D eigenvalue weighted by Crippen LogP contribution is 2.22. The Labute approximate surface area is 191 Å². The second kappa shape index (κ2) is 9.70. The molecular formula is C25H26N4O4. The zero-order valence-corrected chi connectivity index (χ0v) is 18.5. The summed E-state index contributed by atoms with van der Waals surface area (Å²) < 4.78 is 5.08. The van der Waals surface area contributed by atoms with Crippen molar-refractivity contribution < 1.29 is 14.6 Å². The number of hydrogen-bond donors (Lipinski definition) is 2. The van der Waals surface area contributed by atoms with Gasteiger partial charge in [0.2, 0.25) is 5.88 Å². The molecule has 0 unspecified atom stereocenters. The summed E-state index contributed by atoms with van der Waals surface area (Å²) >= 11 is 0. The Morgan fingerprint density at radius 3 is 2.45 bits per heavy atom. The third kappa shape index (κ3) is 5.30. The number of piperazine rings is 1. The number of rotatable bonds is 5. The molecule has 1 amide bonds. The van der Waals surface area contributed by atoms with Crippen molar-refractivity contribution in [3.63, 3.8) is 0 Å². The Bertz CT molecular complexity index is 1260. The molecule has 0 spiro atoms. The van der Waals surface area contributed by atoms with Crippen molar-refractivity contribution in [1.29, 1.82) is 0 Å². The van der Waals surface area contributed by atoms with E-state index in [1.54, 1.807) is 36.2 Å². The number of pyridine rings is 1. The van der Waals surface area contributed by atoms with Crippen molar-refractivity contribution in [3.8, 4) is 5.88 Å². The number of aliphatic imine (C=N–C) groups is 1. The molecular weight excluding hydrogens is 420 g/mol. The van der Waals surface area contributed by atoms with Crippen molar-refractivity contribution in [2.75, 3.05) is 26.2 Å². The van der Waals surface area contributed by atoms with E-state index in [0.717, 1.165) is 30.9 Å². The molecule has 0 saturated carbocycles. The summed E-state index contributed by atoms with van der Waals surface area (Å²) in [5.74, 6) is 0.194.